The molecule has 3 heterocycles. The molecular weight excluding hydrogens is 424 g/mol. The molecule has 0 amide bonds. The van der Waals surface area contributed by atoms with Crippen LogP contribution in [0.1, 0.15) is 32.0 Å². The van der Waals surface area contributed by atoms with Gasteiger partial charge in [-0.05, 0) is 57.5 Å². The topological polar surface area (TPSA) is 99.1 Å². The lowest BCUT2D eigenvalue weighted by molar-refractivity contribution is 0.0648. The Morgan fingerprint density at radius 1 is 1.19 bits per heavy atom. The molecule has 2 N–H and O–H groups in total. The van der Waals surface area contributed by atoms with Crippen molar-refractivity contribution in [2.24, 2.45) is 0 Å². The molecule has 4 rings (SSSR count). The largest absolute Gasteiger partial charge is 0.388 e. The van der Waals surface area contributed by atoms with Gasteiger partial charge in [0, 0.05) is 17.5 Å². The molecule has 0 unspecified atom stereocenters. The molecule has 0 fully saturated rings. The molecule has 32 heavy (non-hydrogen) atoms. The van der Waals surface area contributed by atoms with Gasteiger partial charge in [-0.25, -0.2) is 14.5 Å². The second-order valence-corrected chi connectivity index (χ2v) is 8.69. The lowest BCUT2D eigenvalue weighted by Crippen LogP contribution is -2.39. The number of nitrogens with one attached hydrogen (secondary N) is 1. The number of nitriles is 1. The standard InChI is InChI=1S/C24H23ClN6O/c1-14-11-17(12-19(25)27-14)21-22(18-8-6-5-7-16(18)13-26)30-31-10-9-20(29-23(21)31)28-15(2)24(3,4)32/h5-12,15,32H,1-4H3,(H,28,29)/t15-/m0/s1. The quantitative estimate of drug-likeness (QED) is 0.424. The average Bonchev–Trinajstić information content (AvgIpc) is 3.11. The number of hydrogen-bond donors (Lipinski definition) is 2. The lowest BCUT2D eigenvalue weighted by Gasteiger charge is -2.27. The number of rotatable bonds is 5. The summed E-state index contributed by atoms with van der Waals surface area (Å²) in [5.74, 6) is 0.602. The molecule has 0 saturated heterocycles. The molecule has 0 aliphatic heterocycles. The van der Waals surface area contributed by atoms with Crippen LogP contribution in [0.4, 0.5) is 5.82 Å². The highest BCUT2D eigenvalue weighted by molar-refractivity contribution is 6.29. The Balaban J connectivity index is 1.98. The minimum absolute atomic E-state index is 0.236. The van der Waals surface area contributed by atoms with E-state index in [1.807, 2.05) is 38.1 Å². The molecule has 0 radical (unpaired) electrons. The number of fused-ring (bicyclic) bond motifs is 1. The van der Waals surface area contributed by atoms with Gasteiger partial charge in [0.1, 0.15) is 16.7 Å². The van der Waals surface area contributed by atoms with Crippen LogP contribution >= 0.6 is 11.6 Å². The van der Waals surface area contributed by atoms with Crippen LogP contribution in [0.2, 0.25) is 5.15 Å². The predicted octanol–water partition coefficient (Wildman–Crippen LogP) is 4.86. The van der Waals surface area contributed by atoms with Gasteiger partial charge < -0.3 is 10.4 Å². The summed E-state index contributed by atoms with van der Waals surface area (Å²) in [5, 5.41) is 28.3. The first kappa shape index (κ1) is 21.8. The van der Waals surface area contributed by atoms with E-state index in [1.54, 1.807) is 42.8 Å². The van der Waals surface area contributed by atoms with Gasteiger partial charge in [-0.2, -0.15) is 10.4 Å². The molecule has 1 aromatic carbocycles. The molecule has 0 aliphatic carbocycles. The first-order chi connectivity index (χ1) is 15.2. The maximum absolute atomic E-state index is 10.3. The van der Waals surface area contributed by atoms with Gasteiger partial charge in [0.15, 0.2) is 5.65 Å². The highest BCUT2D eigenvalue weighted by Gasteiger charge is 2.24. The fourth-order valence-electron chi connectivity index (χ4n) is 3.42. The van der Waals surface area contributed by atoms with Crippen molar-refractivity contribution in [3.8, 4) is 28.5 Å². The molecule has 4 aromatic rings. The highest BCUT2D eigenvalue weighted by atomic mass is 35.5. The molecule has 0 bridgehead atoms. The van der Waals surface area contributed by atoms with Crippen LogP contribution in [0.5, 0.6) is 0 Å². The normalized spacial score (nSPS) is 12.5. The van der Waals surface area contributed by atoms with Gasteiger partial charge in [0.05, 0.1) is 28.8 Å². The van der Waals surface area contributed by atoms with Gasteiger partial charge in [0.2, 0.25) is 0 Å². The minimum Gasteiger partial charge on any atom is -0.388 e. The van der Waals surface area contributed by atoms with E-state index in [1.165, 1.54) is 0 Å². The fraction of sp³-hybridized carbons (Fsp3) is 0.250. The van der Waals surface area contributed by atoms with Crippen molar-refractivity contribution in [3.05, 3.63) is 65.1 Å². The Labute approximate surface area is 191 Å². The van der Waals surface area contributed by atoms with Crippen molar-refractivity contribution >= 4 is 23.1 Å². The van der Waals surface area contributed by atoms with E-state index in [4.69, 9.17) is 21.7 Å². The summed E-state index contributed by atoms with van der Waals surface area (Å²) >= 11 is 6.27. The third-order valence-electron chi connectivity index (χ3n) is 5.42. The zero-order valence-corrected chi connectivity index (χ0v) is 19.0. The molecule has 3 aromatic heterocycles. The van der Waals surface area contributed by atoms with Crippen LogP contribution in [-0.4, -0.2) is 36.3 Å². The number of aliphatic hydroxyl groups is 1. The number of halogens is 1. The van der Waals surface area contributed by atoms with E-state index in [9.17, 15) is 10.4 Å². The number of aryl methyl sites for hydroxylation is 1. The van der Waals surface area contributed by atoms with Gasteiger partial charge in [-0.15, -0.1) is 0 Å². The minimum atomic E-state index is -0.927. The van der Waals surface area contributed by atoms with Crippen molar-refractivity contribution < 1.29 is 5.11 Å². The van der Waals surface area contributed by atoms with E-state index in [-0.39, 0.29) is 6.04 Å². The zero-order chi connectivity index (χ0) is 23.0. The average molecular weight is 447 g/mol. The molecule has 7 nitrogen and oxygen atoms in total. The molecule has 0 saturated carbocycles. The van der Waals surface area contributed by atoms with Crippen molar-refractivity contribution in [1.29, 1.82) is 5.26 Å². The van der Waals surface area contributed by atoms with Crippen LogP contribution in [0.15, 0.2) is 48.7 Å². The van der Waals surface area contributed by atoms with Crippen molar-refractivity contribution in [1.82, 2.24) is 19.6 Å². The van der Waals surface area contributed by atoms with Gasteiger partial charge in [-0.3, -0.25) is 0 Å². The maximum Gasteiger partial charge on any atom is 0.165 e. The second kappa shape index (κ2) is 8.23. The number of nitrogens with zero attached hydrogens (tertiary/aromatic N) is 5. The summed E-state index contributed by atoms with van der Waals surface area (Å²) in [6.45, 7) is 7.25. The molecule has 8 heteroatoms. The van der Waals surface area contributed by atoms with E-state index in [0.717, 1.165) is 16.8 Å². The third-order valence-corrected chi connectivity index (χ3v) is 5.62. The molecular formula is C24H23ClN6O. The van der Waals surface area contributed by atoms with E-state index in [0.29, 0.717) is 33.4 Å². The summed E-state index contributed by atoms with van der Waals surface area (Å²) in [6, 6.07) is 14.8. The Hall–Kier alpha value is -3.47. The van der Waals surface area contributed by atoms with Crippen LogP contribution in [-0.2, 0) is 0 Å². The van der Waals surface area contributed by atoms with E-state index < -0.39 is 5.60 Å². The van der Waals surface area contributed by atoms with Gasteiger partial charge in [-0.1, -0.05) is 29.8 Å². The Bertz CT molecular complexity index is 1330. The smallest absolute Gasteiger partial charge is 0.165 e. The van der Waals surface area contributed by atoms with Crippen molar-refractivity contribution in [2.45, 2.75) is 39.3 Å². The summed E-state index contributed by atoms with van der Waals surface area (Å²) in [5.41, 5.74) is 3.84. The predicted molar refractivity (Wildman–Crippen MR) is 125 cm³/mol. The van der Waals surface area contributed by atoms with E-state index >= 15 is 0 Å². The monoisotopic (exact) mass is 446 g/mol. The summed E-state index contributed by atoms with van der Waals surface area (Å²) < 4.78 is 1.68. The fourth-order valence-corrected chi connectivity index (χ4v) is 3.67. The van der Waals surface area contributed by atoms with Gasteiger partial charge in [0.25, 0.3) is 0 Å². The summed E-state index contributed by atoms with van der Waals surface area (Å²) in [7, 11) is 0. The molecule has 0 aliphatic rings. The Morgan fingerprint density at radius 3 is 2.62 bits per heavy atom. The number of anilines is 1. The third kappa shape index (κ3) is 4.15. The first-order valence-electron chi connectivity index (χ1n) is 10.2. The SMILES string of the molecule is Cc1cc(-c2c(-c3ccccc3C#N)nn3ccc(N[C@@H](C)C(C)(C)O)nc23)cc(Cl)n1. The van der Waals surface area contributed by atoms with Gasteiger partial charge >= 0.3 is 0 Å². The molecule has 1 atom stereocenters. The molecule has 0 spiro atoms. The second-order valence-electron chi connectivity index (χ2n) is 8.30. The van der Waals surface area contributed by atoms with E-state index in [2.05, 4.69) is 16.4 Å². The first-order valence-corrected chi connectivity index (χ1v) is 10.6. The Kier molecular flexibility index (Phi) is 5.59. The lowest BCUT2D eigenvalue weighted by atomic mass is 9.98. The number of hydrogen-bond acceptors (Lipinski definition) is 6. The van der Waals surface area contributed by atoms with Crippen LogP contribution < -0.4 is 5.32 Å². The number of aromatic nitrogens is 4. The summed E-state index contributed by atoms with van der Waals surface area (Å²) in [4.78, 5) is 9.07. The number of benzene rings is 1. The number of pyridine rings is 1. The zero-order valence-electron chi connectivity index (χ0n) is 18.3. The Morgan fingerprint density at radius 2 is 1.94 bits per heavy atom. The molecule has 162 valence electrons. The van der Waals surface area contributed by atoms with Crippen LogP contribution in [0.3, 0.4) is 0 Å². The van der Waals surface area contributed by atoms with Crippen LogP contribution in [0, 0.1) is 18.3 Å². The van der Waals surface area contributed by atoms with Crippen molar-refractivity contribution in [2.75, 3.05) is 5.32 Å². The maximum atomic E-state index is 10.3. The van der Waals surface area contributed by atoms with Crippen molar-refractivity contribution in [3.63, 3.8) is 0 Å². The summed E-state index contributed by atoms with van der Waals surface area (Å²) in [6.07, 6.45) is 1.80. The highest BCUT2D eigenvalue weighted by Crippen LogP contribution is 2.37. The van der Waals surface area contributed by atoms with Crippen LogP contribution in [0.25, 0.3) is 28.0 Å².